The molecule has 22 heavy (non-hydrogen) atoms. The molecule has 0 atom stereocenters. The van der Waals surface area contributed by atoms with E-state index in [1.807, 2.05) is 12.1 Å². The van der Waals surface area contributed by atoms with Crippen LogP contribution in [0.5, 0.6) is 0 Å². The highest BCUT2D eigenvalue weighted by Gasteiger charge is 2.25. The first-order valence-corrected chi connectivity index (χ1v) is 8.66. The quantitative estimate of drug-likeness (QED) is 0.808. The lowest BCUT2D eigenvalue weighted by molar-refractivity contribution is 0.123. The van der Waals surface area contributed by atoms with Crippen molar-refractivity contribution < 1.29 is 0 Å². The SMILES string of the molecule is CN1CCC(N2CCc3nc4cc(Cl)ccc4n3CC2)CC1. The Labute approximate surface area is 136 Å². The molecule has 1 fully saturated rings. The molecule has 118 valence electrons. The van der Waals surface area contributed by atoms with Gasteiger partial charge in [0.15, 0.2) is 0 Å². The molecule has 0 aliphatic carbocycles. The molecule has 0 bridgehead atoms. The highest BCUT2D eigenvalue weighted by molar-refractivity contribution is 6.31. The van der Waals surface area contributed by atoms with E-state index in [0.29, 0.717) is 0 Å². The van der Waals surface area contributed by atoms with E-state index in [0.717, 1.165) is 42.6 Å². The van der Waals surface area contributed by atoms with Crippen LogP contribution in [0.3, 0.4) is 0 Å². The maximum absolute atomic E-state index is 6.09. The average molecular weight is 319 g/mol. The summed E-state index contributed by atoms with van der Waals surface area (Å²) in [5, 5.41) is 0.772. The summed E-state index contributed by atoms with van der Waals surface area (Å²) in [7, 11) is 2.23. The summed E-state index contributed by atoms with van der Waals surface area (Å²) < 4.78 is 2.39. The molecule has 2 aromatic rings. The molecule has 2 aliphatic rings. The van der Waals surface area contributed by atoms with Crippen molar-refractivity contribution in [1.29, 1.82) is 0 Å². The van der Waals surface area contributed by atoms with E-state index in [9.17, 15) is 0 Å². The number of benzene rings is 1. The molecule has 4 rings (SSSR count). The lowest BCUT2D eigenvalue weighted by Crippen LogP contribution is -2.44. The fourth-order valence-corrected chi connectivity index (χ4v) is 4.07. The molecule has 1 aromatic heterocycles. The molecule has 0 radical (unpaired) electrons. The van der Waals surface area contributed by atoms with Crippen LogP contribution in [-0.2, 0) is 13.0 Å². The third kappa shape index (κ3) is 2.64. The second kappa shape index (κ2) is 5.84. The molecule has 1 saturated heterocycles. The van der Waals surface area contributed by atoms with Crippen molar-refractivity contribution in [2.24, 2.45) is 0 Å². The van der Waals surface area contributed by atoms with E-state index in [2.05, 4.69) is 27.5 Å². The number of rotatable bonds is 1. The van der Waals surface area contributed by atoms with Crippen molar-refractivity contribution in [3.8, 4) is 0 Å². The van der Waals surface area contributed by atoms with Gasteiger partial charge in [0.1, 0.15) is 5.82 Å². The van der Waals surface area contributed by atoms with Gasteiger partial charge in [-0.2, -0.15) is 0 Å². The van der Waals surface area contributed by atoms with Gasteiger partial charge in [0, 0.05) is 37.1 Å². The van der Waals surface area contributed by atoms with E-state index < -0.39 is 0 Å². The van der Waals surface area contributed by atoms with E-state index in [1.54, 1.807) is 0 Å². The lowest BCUT2D eigenvalue weighted by Gasteiger charge is -2.36. The maximum Gasteiger partial charge on any atom is 0.111 e. The van der Waals surface area contributed by atoms with Crippen molar-refractivity contribution in [3.63, 3.8) is 0 Å². The third-order valence-electron chi connectivity index (χ3n) is 5.23. The average Bonchev–Trinajstić information content (AvgIpc) is 2.72. The fourth-order valence-electron chi connectivity index (χ4n) is 3.90. The van der Waals surface area contributed by atoms with Crippen molar-refractivity contribution >= 4 is 22.6 Å². The van der Waals surface area contributed by atoms with Gasteiger partial charge >= 0.3 is 0 Å². The number of piperidine rings is 1. The monoisotopic (exact) mass is 318 g/mol. The first-order chi connectivity index (χ1) is 10.7. The minimum Gasteiger partial charge on any atom is -0.327 e. The molecule has 1 aromatic carbocycles. The molecular formula is C17H23ClN4. The minimum absolute atomic E-state index is 0.751. The summed E-state index contributed by atoms with van der Waals surface area (Å²) >= 11 is 6.09. The molecule has 0 unspecified atom stereocenters. The van der Waals surface area contributed by atoms with E-state index in [4.69, 9.17) is 16.6 Å². The van der Waals surface area contributed by atoms with E-state index in [-0.39, 0.29) is 0 Å². The largest absolute Gasteiger partial charge is 0.327 e. The summed E-state index contributed by atoms with van der Waals surface area (Å²) in [6.07, 6.45) is 3.64. The molecular weight excluding hydrogens is 296 g/mol. The Bertz CT molecular complexity index is 673. The van der Waals surface area contributed by atoms with Crippen LogP contribution in [0.2, 0.25) is 5.02 Å². The summed E-state index contributed by atoms with van der Waals surface area (Å²) in [5.41, 5.74) is 2.26. The Hall–Kier alpha value is -1.10. The fraction of sp³-hybridized carbons (Fsp3) is 0.588. The van der Waals surface area contributed by atoms with Gasteiger partial charge in [-0.25, -0.2) is 4.98 Å². The third-order valence-corrected chi connectivity index (χ3v) is 5.46. The Morgan fingerprint density at radius 3 is 2.73 bits per heavy atom. The minimum atomic E-state index is 0.751. The van der Waals surface area contributed by atoms with Gasteiger partial charge < -0.3 is 9.47 Å². The topological polar surface area (TPSA) is 24.3 Å². The zero-order chi connectivity index (χ0) is 15.1. The number of hydrogen-bond acceptors (Lipinski definition) is 3. The van der Waals surface area contributed by atoms with Gasteiger partial charge in [0.25, 0.3) is 0 Å². The number of halogens is 1. The summed E-state index contributed by atoms with van der Waals surface area (Å²) in [6, 6.07) is 6.81. The van der Waals surface area contributed by atoms with Gasteiger partial charge in [0.05, 0.1) is 11.0 Å². The first kappa shape index (κ1) is 14.5. The second-order valence-electron chi connectivity index (χ2n) is 6.63. The molecule has 0 N–H and O–H groups in total. The highest BCUT2D eigenvalue weighted by atomic mass is 35.5. The highest BCUT2D eigenvalue weighted by Crippen LogP contribution is 2.24. The number of fused-ring (bicyclic) bond motifs is 3. The van der Waals surface area contributed by atoms with Gasteiger partial charge in [-0.05, 0) is 51.2 Å². The van der Waals surface area contributed by atoms with Gasteiger partial charge in [-0.1, -0.05) is 11.6 Å². The van der Waals surface area contributed by atoms with Crippen molar-refractivity contribution in [1.82, 2.24) is 19.4 Å². The predicted octanol–water partition coefficient (Wildman–Crippen LogP) is 2.64. The molecule has 0 spiro atoms. The van der Waals surface area contributed by atoms with Gasteiger partial charge in [0.2, 0.25) is 0 Å². The van der Waals surface area contributed by atoms with E-state index in [1.165, 1.54) is 37.3 Å². The molecule has 0 amide bonds. The number of hydrogen-bond donors (Lipinski definition) is 0. The van der Waals surface area contributed by atoms with E-state index >= 15 is 0 Å². The second-order valence-corrected chi connectivity index (χ2v) is 7.07. The number of imidazole rings is 1. The Morgan fingerprint density at radius 2 is 1.91 bits per heavy atom. The summed E-state index contributed by atoms with van der Waals surface area (Å²) in [5.74, 6) is 1.22. The van der Waals surface area contributed by atoms with Crippen LogP contribution in [0.15, 0.2) is 18.2 Å². The number of aromatic nitrogens is 2. The van der Waals surface area contributed by atoms with Crippen molar-refractivity contribution in [2.45, 2.75) is 31.8 Å². The normalized spacial score (nSPS) is 21.9. The predicted molar refractivity (Wildman–Crippen MR) is 90.5 cm³/mol. The van der Waals surface area contributed by atoms with Crippen LogP contribution in [0, 0.1) is 0 Å². The van der Waals surface area contributed by atoms with Crippen LogP contribution in [0.1, 0.15) is 18.7 Å². The molecule has 5 heteroatoms. The smallest absolute Gasteiger partial charge is 0.111 e. The number of nitrogens with zero attached hydrogens (tertiary/aromatic N) is 4. The van der Waals surface area contributed by atoms with Gasteiger partial charge in [-0.3, -0.25) is 4.90 Å². The van der Waals surface area contributed by atoms with Crippen LogP contribution >= 0.6 is 11.6 Å². The standard InChI is InChI=1S/C17H23ClN4/c1-20-7-4-14(5-8-20)21-9-6-17-19-15-12-13(18)2-3-16(15)22(17)11-10-21/h2-3,12,14H,4-11H2,1H3. The Balaban J connectivity index is 1.53. The first-order valence-electron chi connectivity index (χ1n) is 8.28. The van der Waals surface area contributed by atoms with Crippen LogP contribution in [0.25, 0.3) is 11.0 Å². The molecule has 0 saturated carbocycles. The number of likely N-dealkylation sites (tertiary alicyclic amines) is 1. The maximum atomic E-state index is 6.09. The summed E-state index contributed by atoms with van der Waals surface area (Å²) in [6.45, 7) is 5.76. The zero-order valence-electron chi connectivity index (χ0n) is 13.1. The molecule has 2 aliphatic heterocycles. The molecule has 3 heterocycles. The lowest BCUT2D eigenvalue weighted by atomic mass is 10.0. The zero-order valence-corrected chi connectivity index (χ0v) is 13.9. The van der Waals surface area contributed by atoms with Crippen molar-refractivity contribution in [2.75, 3.05) is 33.2 Å². The Morgan fingerprint density at radius 1 is 1.09 bits per heavy atom. The summed E-state index contributed by atoms with van der Waals surface area (Å²) in [4.78, 5) is 9.93. The van der Waals surface area contributed by atoms with Crippen LogP contribution < -0.4 is 0 Å². The van der Waals surface area contributed by atoms with Crippen molar-refractivity contribution in [3.05, 3.63) is 29.0 Å². The van der Waals surface area contributed by atoms with Gasteiger partial charge in [-0.15, -0.1) is 0 Å². The van der Waals surface area contributed by atoms with Crippen LogP contribution in [-0.4, -0.2) is 58.6 Å². The van der Waals surface area contributed by atoms with Crippen LogP contribution in [0.4, 0.5) is 0 Å². The molecule has 4 nitrogen and oxygen atoms in total. The Kier molecular flexibility index (Phi) is 3.84.